The van der Waals surface area contributed by atoms with Crippen LogP contribution in [-0.2, 0) is 6.54 Å². The van der Waals surface area contributed by atoms with Gasteiger partial charge < -0.3 is 10.3 Å². The van der Waals surface area contributed by atoms with E-state index in [2.05, 4.69) is 10.3 Å². The van der Waals surface area contributed by atoms with E-state index in [0.717, 1.165) is 6.07 Å². The predicted octanol–water partition coefficient (Wildman–Crippen LogP) is 3.09. The molecule has 1 aromatic heterocycles. The third-order valence-electron chi connectivity index (χ3n) is 3.93. The fourth-order valence-corrected chi connectivity index (χ4v) is 2.90. The van der Waals surface area contributed by atoms with Gasteiger partial charge in [-0.1, -0.05) is 0 Å². The van der Waals surface area contributed by atoms with Gasteiger partial charge in [-0.25, -0.2) is 4.39 Å². The van der Waals surface area contributed by atoms with Gasteiger partial charge in [0.25, 0.3) is 11.2 Å². The summed E-state index contributed by atoms with van der Waals surface area (Å²) in [6, 6.07) is 9.57. The molecule has 0 fully saturated rings. The van der Waals surface area contributed by atoms with Crippen molar-refractivity contribution in [2.45, 2.75) is 6.54 Å². The summed E-state index contributed by atoms with van der Waals surface area (Å²) in [5.41, 5.74) is 0.337. The summed E-state index contributed by atoms with van der Waals surface area (Å²) >= 11 is 5.18. The van der Waals surface area contributed by atoms with Gasteiger partial charge in [-0.15, -0.1) is 0 Å². The van der Waals surface area contributed by atoms with Crippen LogP contribution in [0, 0.1) is 32.0 Å². The van der Waals surface area contributed by atoms with Crippen LogP contribution in [0.5, 0.6) is 0 Å². The van der Waals surface area contributed by atoms with E-state index in [1.807, 2.05) is 6.07 Å². The number of aromatic amines is 1. The summed E-state index contributed by atoms with van der Waals surface area (Å²) < 4.78 is 14.9. The molecule has 3 rings (SSSR count). The molecule has 0 saturated carbocycles. The number of anilines is 1. The largest absolute Gasteiger partial charge is 0.382 e. The highest BCUT2D eigenvalue weighted by molar-refractivity contribution is 7.71. The van der Waals surface area contributed by atoms with Crippen molar-refractivity contribution in [2.24, 2.45) is 0 Å². The number of nitrogens with zero attached hydrogens (tertiary/aromatic N) is 3. The van der Waals surface area contributed by atoms with Crippen molar-refractivity contribution < 1.29 is 9.31 Å². The van der Waals surface area contributed by atoms with E-state index in [1.54, 1.807) is 0 Å². The second kappa shape index (κ2) is 7.35. The first-order valence-corrected chi connectivity index (χ1v) is 8.16. The molecule has 1 heterocycles. The maximum atomic E-state index is 13.4. The molecule has 0 aliphatic heterocycles. The lowest BCUT2D eigenvalue weighted by Gasteiger charge is -2.11. The van der Waals surface area contributed by atoms with Crippen molar-refractivity contribution in [1.29, 1.82) is 5.26 Å². The second-order valence-corrected chi connectivity index (χ2v) is 5.99. The van der Waals surface area contributed by atoms with Crippen LogP contribution in [0.1, 0.15) is 5.56 Å². The highest BCUT2D eigenvalue weighted by atomic mass is 32.1. The second-order valence-electron chi connectivity index (χ2n) is 5.60. The number of H-pyrrole nitrogens is 1. The fourth-order valence-electron chi connectivity index (χ4n) is 2.62. The number of benzene rings is 2. The highest BCUT2D eigenvalue weighted by Gasteiger charge is 2.11. The Kier molecular flexibility index (Phi) is 4.96. The van der Waals surface area contributed by atoms with Crippen molar-refractivity contribution in [1.82, 2.24) is 9.55 Å². The van der Waals surface area contributed by atoms with E-state index in [0.29, 0.717) is 11.2 Å². The van der Waals surface area contributed by atoms with Crippen LogP contribution in [0.25, 0.3) is 10.9 Å². The molecule has 8 nitrogen and oxygen atoms in total. The first-order chi connectivity index (χ1) is 12.9. The van der Waals surface area contributed by atoms with E-state index in [4.69, 9.17) is 17.5 Å². The molecule has 0 radical (unpaired) electrons. The molecule has 0 unspecified atom stereocenters. The smallest absolute Gasteiger partial charge is 0.270 e. The Morgan fingerprint density at radius 3 is 2.81 bits per heavy atom. The van der Waals surface area contributed by atoms with Crippen LogP contribution in [-0.4, -0.2) is 21.0 Å². The highest BCUT2D eigenvalue weighted by Crippen LogP contribution is 2.21. The predicted molar refractivity (Wildman–Crippen MR) is 99.7 cm³/mol. The summed E-state index contributed by atoms with van der Waals surface area (Å²) in [4.78, 5) is 25.6. The van der Waals surface area contributed by atoms with Gasteiger partial charge in [-0.3, -0.25) is 19.5 Å². The van der Waals surface area contributed by atoms with Crippen molar-refractivity contribution in [3.8, 4) is 6.07 Å². The van der Waals surface area contributed by atoms with E-state index >= 15 is 0 Å². The van der Waals surface area contributed by atoms with E-state index in [9.17, 15) is 19.3 Å². The molecule has 136 valence electrons. The Balaban J connectivity index is 1.84. The van der Waals surface area contributed by atoms with Gasteiger partial charge in [0, 0.05) is 25.2 Å². The third-order valence-corrected chi connectivity index (χ3v) is 4.25. The zero-order valence-electron chi connectivity index (χ0n) is 13.7. The molecule has 3 aromatic rings. The van der Waals surface area contributed by atoms with Crippen LogP contribution in [0.3, 0.4) is 0 Å². The maximum Gasteiger partial charge on any atom is 0.270 e. The quantitative estimate of drug-likeness (QED) is 0.396. The molecule has 0 amide bonds. The van der Waals surface area contributed by atoms with Crippen molar-refractivity contribution in [2.75, 3.05) is 11.9 Å². The third kappa shape index (κ3) is 3.68. The number of hydrogen-bond acceptors (Lipinski definition) is 6. The fraction of sp³-hybridized carbons (Fsp3) is 0.118. The molecule has 0 spiro atoms. The minimum Gasteiger partial charge on any atom is -0.382 e. The lowest BCUT2D eigenvalue weighted by Crippen LogP contribution is -2.25. The molecular weight excluding hydrogens is 373 g/mol. The molecule has 0 atom stereocenters. The summed E-state index contributed by atoms with van der Waals surface area (Å²) in [6.45, 7) is 0.382. The zero-order valence-corrected chi connectivity index (χ0v) is 14.5. The van der Waals surface area contributed by atoms with E-state index < -0.39 is 16.3 Å². The standard InChI is InChI=1S/C17H12FN5O3S/c18-11-1-3-15-13(8-11)16(24)22(17(27)21-15)6-5-20-14-4-2-12(23(25)26)7-10(14)9-19/h1-4,7-8,20H,5-6H2,(H,21,27). The van der Waals surface area contributed by atoms with Crippen molar-refractivity contribution in [3.63, 3.8) is 0 Å². The molecule has 0 aliphatic rings. The topological polar surface area (TPSA) is 117 Å². The van der Waals surface area contributed by atoms with Gasteiger partial charge in [0.05, 0.1) is 27.1 Å². The number of hydrogen-bond donors (Lipinski definition) is 2. The summed E-state index contributed by atoms with van der Waals surface area (Å²) in [7, 11) is 0. The minimum atomic E-state index is -0.586. The number of nitrogens with one attached hydrogen (secondary N) is 2. The number of fused-ring (bicyclic) bond motifs is 1. The normalized spacial score (nSPS) is 10.5. The van der Waals surface area contributed by atoms with Crippen LogP contribution < -0.4 is 10.9 Å². The molecular formula is C17H12FN5O3S. The average molecular weight is 385 g/mol. The summed E-state index contributed by atoms with van der Waals surface area (Å²) in [5.74, 6) is -0.528. The molecule has 0 bridgehead atoms. The number of non-ortho nitro benzene ring substituents is 1. The lowest BCUT2D eigenvalue weighted by atomic mass is 10.1. The van der Waals surface area contributed by atoms with E-state index in [-0.39, 0.29) is 34.5 Å². The van der Waals surface area contributed by atoms with Gasteiger partial charge in [-0.2, -0.15) is 5.26 Å². The minimum absolute atomic E-state index is 0.113. The molecule has 0 aliphatic carbocycles. The Labute approximate surface area is 156 Å². The van der Waals surface area contributed by atoms with Crippen LogP contribution in [0.15, 0.2) is 41.2 Å². The van der Waals surface area contributed by atoms with Gasteiger partial charge in [0.15, 0.2) is 4.77 Å². The number of halogens is 1. The number of rotatable bonds is 5. The number of nitro groups is 1. The Morgan fingerprint density at radius 2 is 2.11 bits per heavy atom. The lowest BCUT2D eigenvalue weighted by molar-refractivity contribution is -0.384. The molecule has 2 N–H and O–H groups in total. The first-order valence-electron chi connectivity index (χ1n) is 7.75. The number of aromatic nitrogens is 2. The Morgan fingerprint density at radius 1 is 1.33 bits per heavy atom. The Hall–Kier alpha value is -3.58. The monoisotopic (exact) mass is 385 g/mol. The maximum absolute atomic E-state index is 13.4. The first kappa shape index (κ1) is 18.2. The molecule has 10 heteroatoms. The van der Waals surface area contributed by atoms with Crippen LogP contribution in [0.2, 0.25) is 0 Å². The molecule has 0 saturated heterocycles. The van der Waals surface area contributed by atoms with Crippen molar-refractivity contribution >= 4 is 34.5 Å². The van der Waals surface area contributed by atoms with Gasteiger partial charge in [-0.05, 0) is 36.5 Å². The van der Waals surface area contributed by atoms with E-state index in [1.165, 1.54) is 34.9 Å². The van der Waals surface area contributed by atoms with Gasteiger partial charge in [0.2, 0.25) is 0 Å². The van der Waals surface area contributed by atoms with Gasteiger partial charge >= 0.3 is 0 Å². The van der Waals surface area contributed by atoms with Crippen LogP contribution >= 0.6 is 12.2 Å². The number of nitriles is 1. The molecule has 27 heavy (non-hydrogen) atoms. The molecule has 2 aromatic carbocycles. The number of nitro benzene ring substituents is 1. The summed E-state index contributed by atoms with van der Waals surface area (Å²) in [5, 5.41) is 23.1. The Bertz CT molecular complexity index is 1210. The van der Waals surface area contributed by atoms with Gasteiger partial charge in [0.1, 0.15) is 11.9 Å². The summed E-state index contributed by atoms with van der Waals surface area (Å²) in [6.07, 6.45) is 0. The average Bonchev–Trinajstić information content (AvgIpc) is 2.65. The van der Waals surface area contributed by atoms with Crippen LogP contribution in [0.4, 0.5) is 15.8 Å². The van der Waals surface area contributed by atoms with Crippen molar-refractivity contribution in [3.05, 3.63) is 73.0 Å². The SMILES string of the molecule is N#Cc1cc([N+](=O)[O-])ccc1NCCn1c(=S)[nH]c2ccc(F)cc2c1=O. The zero-order chi connectivity index (χ0) is 19.6.